The van der Waals surface area contributed by atoms with E-state index in [9.17, 15) is 22.8 Å². The van der Waals surface area contributed by atoms with Crippen LogP contribution in [0.2, 0.25) is 5.02 Å². The Morgan fingerprint density at radius 3 is 2.61 bits per heavy atom. The molecule has 1 aliphatic heterocycles. The van der Waals surface area contributed by atoms with Crippen molar-refractivity contribution in [3.8, 4) is 0 Å². The van der Waals surface area contributed by atoms with Crippen LogP contribution in [0.1, 0.15) is 50.2 Å². The van der Waals surface area contributed by atoms with Gasteiger partial charge < -0.3 is 10.2 Å². The van der Waals surface area contributed by atoms with Crippen molar-refractivity contribution in [3.63, 3.8) is 0 Å². The smallest absolute Gasteiger partial charge is 0.339 e. The van der Waals surface area contributed by atoms with Crippen LogP contribution < -0.4 is 5.32 Å². The summed E-state index contributed by atoms with van der Waals surface area (Å²) in [5.74, 6) is -0.757. The second-order valence-electron chi connectivity index (χ2n) is 8.37. The molecule has 7 nitrogen and oxygen atoms in total. The van der Waals surface area contributed by atoms with Gasteiger partial charge in [-0.2, -0.15) is 18.3 Å². The molecule has 0 spiro atoms. The molecule has 186 valence electrons. The molecule has 12 heteroatoms. The second kappa shape index (κ2) is 9.55. The number of piperidine rings is 1. The van der Waals surface area contributed by atoms with Gasteiger partial charge in [-0.1, -0.05) is 29.8 Å². The number of nitrogens with zero attached hydrogens (tertiary/aromatic N) is 3. The topological polar surface area (TPSA) is 91.0 Å². The number of alkyl halides is 3. The molecule has 0 aliphatic carbocycles. The van der Waals surface area contributed by atoms with Crippen LogP contribution in [0.4, 0.5) is 19.0 Å². The number of carbonyl (C=O) groups is 2. The van der Waals surface area contributed by atoms with Gasteiger partial charge in [0.15, 0.2) is 5.82 Å². The summed E-state index contributed by atoms with van der Waals surface area (Å²) < 4.78 is 40.0. The lowest BCUT2D eigenvalue weighted by Crippen LogP contribution is -2.38. The van der Waals surface area contributed by atoms with Crippen LogP contribution in [0, 0.1) is 0 Å². The number of hydrogen-bond acceptors (Lipinski definition) is 5. The molecule has 2 aromatic heterocycles. The molecule has 1 saturated heterocycles. The molecule has 0 saturated carbocycles. The van der Waals surface area contributed by atoms with Crippen molar-refractivity contribution in [1.29, 1.82) is 0 Å². The largest absolute Gasteiger partial charge is 0.417 e. The highest BCUT2D eigenvalue weighted by Crippen LogP contribution is 2.35. The summed E-state index contributed by atoms with van der Waals surface area (Å²) in [5, 5.41) is 13.1. The number of thiazole rings is 1. The number of amides is 2. The maximum absolute atomic E-state index is 13.3. The summed E-state index contributed by atoms with van der Waals surface area (Å²) >= 11 is 7.57. The molecular formula is C24H19ClF3N5O2S. The first kappa shape index (κ1) is 24.3. The number of rotatable bonds is 4. The van der Waals surface area contributed by atoms with Crippen LogP contribution in [-0.4, -0.2) is 45.0 Å². The Balaban J connectivity index is 1.24. The molecule has 5 rings (SSSR count). The molecule has 36 heavy (non-hydrogen) atoms. The number of aromatic amines is 1. The van der Waals surface area contributed by atoms with Gasteiger partial charge in [0.25, 0.3) is 11.8 Å². The molecule has 3 heterocycles. The van der Waals surface area contributed by atoms with E-state index in [1.54, 1.807) is 23.6 Å². The zero-order valence-electron chi connectivity index (χ0n) is 18.6. The van der Waals surface area contributed by atoms with E-state index in [1.807, 2.05) is 0 Å². The number of halogens is 4. The predicted octanol–water partition coefficient (Wildman–Crippen LogP) is 5.96. The molecule has 4 aromatic rings. The van der Waals surface area contributed by atoms with Crippen molar-refractivity contribution in [2.24, 2.45) is 0 Å². The zero-order chi connectivity index (χ0) is 25.4. The zero-order valence-corrected chi connectivity index (χ0v) is 20.2. The molecule has 1 aliphatic rings. The summed E-state index contributed by atoms with van der Waals surface area (Å²) in [5.41, 5.74) is -0.354. The molecule has 2 aromatic carbocycles. The van der Waals surface area contributed by atoms with E-state index in [-0.39, 0.29) is 17.2 Å². The Morgan fingerprint density at radius 1 is 1.11 bits per heavy atom. The molecule has 1 fully saturated rings. The second-order valence-corrected chi connectivity index (χ2v) is 9.67. The van der Waals surface area contributed by atoms with Crippen molar-refractivity contribution in [1.82, 2.24) is 20.1 Å². The van der Waals surface area contributed by atoms with E-state index in [0.29, 0.717) is 47.7 Å². The highest BCUT2D eigenvalue weighted by Gasteiger charge is 2.36. The van der Waals surface area contributed by atoms with Crippen LogP contribution in [-0.2, 0) is 6.18 Å². The normalized spacial score (nSPS) is 14.8. The van der Waals surface area contributed by atoms with Gasteiger partial charge in [-0.3, -0.25) is 14.7 Å². The average molecular weight is 534 g/mol. The fraction of sp³-hybridized carbons (Fsp3) is 0.250. The highest BCUT2D eigenvalue weighted by molar-refractivity contribution is 7.10. The molecule has 0 atom stereocenters. The summed E-state index contributed by atoms with van der Waals surface area (Å²) in [6, 6.07) is 10.1. The SMILES string of the molecule is O=C(Nc1n[nH]c2cccc(Cl)c12)c1csc(C2CCN(C(=O)c3ccccc3C(F)(F)F)CC2)n1. The van der Waals surface area contributed by atoms with Crippen LogP contribution in [0.3, 0.4) is 0 Å². The van der Waals surface area contributed by atoms with Gasteiger partial charge in [0, 0.05) is 24.4 Å². The Labute approximate surface area is 212 Å². The number of fused-ring (bicyclic) bond motifs is 1. The molecule has 0 unspecified atom stereocenters. The number of aromatic nitrogens is 3. The Hall–Kier alpha value is -3.44. The van der Waals surface area contributed by atoms with Gasteiger partial charge in [0.1, 0.15) is 5.69 Å². The molecular weight excluding hydrogens is 515 g/mol. The number of carbonyl (C=O) groups excluding carboxylic acids is 2. The van der Waals surface area contributed by atoms with Crippen LogP contribution in [0.15, 0.2) is 47.8 Å². The standard InChI is InChI=1S/C24H19ClF3N5O2S/c25-16-6-3-7-17-19(16)20(32-31-17)30-21(34)18-12-36-22(29-18)13-8-10-33(11-9-13)23(35)14-4-1-2-5-15(14)24(26,27)28/h1-7,12-13H,8-11H2,(H2,30,31,32,34). The first-order valence-electron chi connectivity index (χ1n) is 11.1. The van der Waals surface area contributed by atoms with Crippen molar-refractivity contribution >= 4 is 51.5 Å². The molecule has 2 amide bonds. The van der Waals surface area contributed by atoms with E-state index in [4.69, 9.17) is 11.6 Å². The van der Waals surface area contributed by atoms with Crippen molar-refractivity contribution in [2.45, 2.75) is 24.9 Å². The van der Waals surface area contributed by atoms with E-state index in [2.05, 4.69) is 20.5 Å². The van der Waals surface area contributed by atoms with Crippen molar-refractivity contribution in [2.75, 3.05) is 18.4 Å². The summed E-state index contributed by atoms with van der Waals surface area (Å²) in [7, 11) is 0. The third-order valence-electron chi connectivity index (χ3n) is 6.12. The van der Waals surface area contributed by atoms with Gasteiger partial charge in [-0.05, 0) is 37.1 Å². The number of benzene rings is 2. The number of anilines is 1. The van der Waals surface area contributed by atoms with E-state index in [1.165, 1.54) is 34.4 Å². The number of H-pyrrole nitrogens is 1. The maximum atomic E-state index is 13.3. The lowest BCUT2D eigenvalue weighted by molar-refractivity contribution is -0.138. The summed E-state index contributed by atoms with van der Waals surface area (Å²) in [6.07, 6.45) is -3.53. The predicted molar refractivity (Wildman–Crippen MR) is 130 cm³/mol. The van der Waals surface area contributed by atoms with Crippen molar-refractivity contribution < 1.29 is 22.8 Å². The Bertz CT molecular complexity index is 1440. The number of hydrogen-bond donors (Lipinski definition) is 2. The number of likely N-dealkylation sites (tertiary alicyclic amines) is 1. The van der Waals surface area contributed by atoms with E-state index in [0.717, 1.165) is 11.1 Å². The van der Waals surface area contributed by atoms with E-state index >= 15 is 0 Å². The summed E-state index contributed by atoms with van der Waals surface area (Å²) in [6.45, 7) is 0.600. The van der Waals surface area contributed by atoms with Crippen molar-refractivity contribution in [3.05, 3.63) is 74.7 Å². The minimum absolute atomic E-state index is 0.000817. The van der Waals surface area contributed by atoms with Gasteiger partial charge >= 0.3 is 6.18 Å². The third kappa shape index (κ3) is 4.68. The molecule has 2 N–H and O–H groups in total. The third-order valence-corrected chi connectivity index (χ3v) is 7.44. The number of nitrogens with one attached hydrogen (secondary N) is 2. The lowest BCUT2D eigenvalue weighted by Gasteiger charge is -2.31. The molecule has 0 radical (unpaired) electrons. The molecule has 0 bridgehead atoms. The Morgan fingerprint density at radius 2 is 1.86 bits per heavy atom. The minimum atomic E-state index is -4.60. The van der Waals surface area contributed by atoms with Gasteiger partial charge in [-0.25, -0.2) is 4.98 Å². The Kier molecular flexibility index (Phi) is 6.44. The minimum Gasteiger partial charge on any atom is -0.339 e. The monoisotopic (exact) mass is 533 g/mol. The first-order valence-corrected chi connectivity index (χ1v) is 12.3. The van der Waals surface area contributed by atoms with Crippen LogP contribution in [0.25, 0.3) is 10.9 Å². The summed E-state index contributed by atoms with van der Waals surface area (Å²) in [4.78, 5) is 31.5. The van der Waals surface area contributed by atoms with Gasteiger partial charge in [-0.15, -0.1) is 11.3 Å². The highest BCUT2D eigenvalue weighted by atomic mass is 35.5. The fourth-order valence-electron chi connectivity index (χ4n) is 4.29. The van der Waals surface area contributed by atoms with E-state index < -0.39 is 23.6 Å². The van der Waals surface area contributed by atoms with Crippen LogP contribution in [0.5, 0.6) is 0 Å². The quantitative estimate of drug-likeness (QED) is 0.338. The van der Waals surface area contributed by atoms with Gasteiger partial charge in [0.05, 0.1) is 32.1 Å². The van der Waals surface area contributed by atoms with Crippen LogP contribution >= 0.6 is 22.9 Å². The average Bonchev–Trinajstić information content (AvgIpc) is 3.52. The van der Waals surface area contributed by atoms with Gasteiger partial charge in [0.2, 0.25) is 0 Å². The fourth-order valence-corrected chi connectivity index (χ4v) is 5.52. The maximum Gasteiger partial charge on any atom is 0.417 e. The lowest BCUT2D eigenvalue weighted by atomic mass is 9.96. The first-order chi connectivity index (χ1) is 17.2.